The number of nitrogens with zero attached hydrogens (tertiary/aromatic N) is 4. The molecular weight excluding hydrogens is 322 g/mol. The molecule has 10 heteroatoms. The molecule has 0 bridgehead atoms. The normalized spacial score (nSPS) is 10.5. The number of nitrogen functional groups attached to an aromatic ring is 2. The summed E-state index contributed by atoms with van der Waals surface area (Å²) < 4.78 is 29.0. The van der Waals surface area contributed by atoms with Crippen molar-refractivity contribution < 1.29 is 13.5 Å². The molecule has 0 radical (unpaired) electrons. The van der Waals surface area contributed by atoms with E-state index in [2.05, 4.69) is 19.9 Å². The molecule has 0 saturated carbocycles. The predicted molar refractivity (Wildman–Crippen MR) is 81.6 cm³/mol. The van der Waals surface area contributed by atoms with Crippen LogP contribution >= 0.6 is 0 Å². The van der Waals surface area contributed by atoms with E-state index in [0.29, 0.717) is 17.0 Å². The highest BCUT2D eigenvalue weighted by atomic mass is 19.3. The average molecular weight is 334 g/mol. The number of hydrogen-bond donors (Lipinski definition) is 2. The van der Waals surface area contributed by atoms with Crippen molar-refractivity contribution in [1.29, 1.82) is 5.26 Å². The monoisotopic (exact) mass is 334 g/mol. The molecule has 0 spiro atoms. The standard InChI is InChI=1S/C14H12F2N6O2/c1-6-9(10(18)11(19)12(20-6)22-23)4-8-3-2-7(5-17)13(21-8)24-14(15)16/h2-3,14H,4,19H2,1H3,(H2,18,20). The number of aromatic nitrogens is 2. The Balaban J connectivity index is 2.44. The van der Waals surface area contributed by atoms with Crippen LogP contribution in [0, 0.1) is 23.2 Å². The van der Waals surface area contributed by atoms with Crippen molar-refractivity contribution in [2.45, 2.75) is 20.0 Å². The van der Waals surface area contributed by atoms with Gasteiger partial charge in [-0.25, -0.2) is 9.97 Å². The molecule has 0 aliphatic carbocycles. The number of aryl methyl sites for hydroxylation is 1. The Morgan fingerprint density at radius 3 is 2.62 bits per heavy atom. The molecule has 2 heterocycles. The molecule has 0 fully saturated rings. The zero-order valence-electron chi connectivity index (χ0n) is 12.5. The Labute approximate surface area is 135 Å². The zero-order valence-corrected chi connectivity index (χ0v) is 12.5. The highest BCUT2D eigenvalue weighted by Crippen LogP contribution is 2.32. The van der Waals surface area contributed by atoms with Gasteiger partial charge in [0.2, 0.25) is 11.7 Å². The fraction of sp³-hybridized carbons (Fsp3) is 0.214. The number of nitriles is 1. The lowest BCUT2D eigenvalue weighted by Gasteiger charge is -2.13. The number of ether oxygens (including phenoxy) is 1. The minimum atomic E-state index is -3.11. The van der Waals surface area contributed by atoms with Crippen LogP contribution in [0.1, 0.15) is 22.5 Å². The van der Waals surface area contributed by atoms with Gasteiger partial charge in [0.25, 0.3) is 0 Å². The molecule has 2 rings (SSSR count). The lowest BCUT2D eigenvalue weighted by atomic mass is 10.0. The van der Waals surface area contributed by atoms with Gasteiger partial charge in [0.1, 0.15) is 17.3 Å². The van der Waals surface area contributed by atoms with E-state index in [1.165, 1.54) is 12.1 Å². The minimum Gasteiger partial charge on any atom is -0.415 e. The summed E-state index contributed by atoms with van der Waals surface area (Å²) in [4.78, 5) is 18.5. The molecular formula is C14H12F2N6O2. The summed E-state index contributed by atoms with van der Waals surface area (Å²) in [6, 6.07) is 4.49. The first-order chi connectivity index (χ1) is 11.4. The Kier molecular flexibility index (Phi) is 4.84. The number of anilines is 2. The number of hydrogen-bond acceptors (Lipinski definition) is 8. The molecule has 4 N–H and O–H groups in total. The minimum absolute atomic E-state index is 0.0664. The lowest BCUT2D eigenvalue weighted by Crippen LogP contribution is -2.09. The molecule has 0 atom stereocenters. The second-order valence-corrected chi connectivity index (χ2v) is 4.74. The number of nitrogens with two attached hydrogens (primary N) is 2. The lowest BCUT2D eigenvalue weighted by molar-refractivity contribution is -0.0531. The number of alkyl halides is 2. The van der Waals surface area contributed by atoms with Crippen molar-refractivity contribution in [3.63, 3.8) is 0 Å². The van der Waals surface area contributed by atoms with Crippen LogP contribution in [0.15, 0.2) is 17.3 Å². The van der Waals surface area contributed by atoms with E-state index >= 15 is 0 Å². The number of pyridine rings is 2. The number of rotatable bonds is 5. The number of halogens is 2. The van der Waals surface area contributed by atoms with Gasteiger partial charge in [-0.2, -0.15) is 14.0 Å². The Hall–Kier alpha value is -3.35. The van der Waals surface area contributed by atoms with Gasteiger partial charge in [-0.1, -0.05) is 0 Å². The van der Waals surface area contributed by atoms with Crippen molar-refractivity contribution in [2.75, 3.05) is 11.5 Å². The van der Waals surface area contributed by atoms with Crippen LogP contribution in [0.3, 0.4) is 0 Å². The van der Waals surface area contributed by atoms with E-state index in [4.69, 9.17) is 16.7 Å². The highest BCUT2D eigenvalue weighted by molar-refractivity contribution is 5.77. The molecule has 2 aromatic heterocycles. The highest BCUT2D eigenvalue weighted by Gasteiger charge is 2.17. The Bertz CT molecular complexity index is 835. The SMILES string of the molecule is Cc1nc(N=O)c(N)c(N)c1Cc1ccc(C#N)c(OC(F)F)n1. The van der Waals surface area contributed by atoms with Crippen molar-refractivity contribution in [3.05, 3.63) is 39.6 Å². The van der Waals surface area contributed by atoms with Crippen molar-refractivity contribution in [1.82, 2.24) is 9.97 Å². The van der Waals surface area contributed by atoms with Crippen LogP contribution in [0.2, 0.25) is 0 Å². The van der Waals surface area contributed by atoms with Crippen LogP contribution in [-0.2, 0) is 6.42 Å². The zero-order chi connectivity index (χ0) is 17.9. The van der Waals surface area contributed by atoms with E-state index in [9.17, 15) is 13.7 Å². The Morgan fingerprint density at radius 1 is 1.33 bits per heavy atom. The molecule has 0 unspecified atom stereocenters. The Morgan fingerprint density at radius 2 is 2.04 bits per heavy atom. The molecule has 0 aromatic carbocycles. The molecule has 0 saturated heterocycles. The maximum absolute atomic E-state index is 12.4. The van der Waals surface area contributed by atoms with Crippen molar-refractivity contribution in [2.24, 2.45) is 5.18 Å². The van der Waals surface area contributed by atoms with Crippen molar-refractivity contribution >= 4 is 17.2 Å². The van der Waals surface area contributed by atoms with Gasteiger partial charge in [-0.15, -0.1) is 4.91 Å². The summed E-state index contributed by atoms with van der Waals surface area (Å²) in [7, 11) is 0. The maximum Gasteiger partial charge on any atom is 0.388 e. The third kappa shape index (κ3) is 3.35. The summed E-state index contributed by atoms with van der Waals surface area (Å²) in [6.07, 6.45) is 0.0965. The van der Waals surface area contributed by atoms with Gasteiger partial charge in [-0.3, -0.25) is 0 Å². The topological polar surface area (TPSA) is 140 Å². The fourth-order valence-electron chi connectivity index (χ4n) is 2.07. The molecule has 2 aromatic rings. The largest absolute Gasteiger partial charge is 0.415 e. The third-order valence-corrected chi connectivity index (χ3v) is 3.25. The third-order valence-electron chi connectivity index (χ3n) is 3.25. The summed E-state index contributed by atoms with van der Waals surface area (Å²) in [6.45, 7) is -1.51. The van der Waals surface area contributed by atoms with E-state index in [-0.39, 0.29) is 29.2 Å². The van der Waals surface area contributed by atoms with Gasteiger partial charge >= 0.3 is 6.61 Å². The van der Waals surface area contributed by atoms with Crippen LogP contribution in [0.5, 0.6) is 5.88 Å². The van der Waals surface area contributed by atoms with Crippen molar-refractivity contribution in [3.8, 4) is 11.9 Å². The first-order valence-electron chi connectivity index (χ1n) is 6.60. The number of nitroso groups, excluding NO2 is 1. The maximum atomic E-state index is 12.4. The quantitative estimate of drug-likeness (QED) is 0.800. The molecule has 0 amide bonds. The van der Waals surface area contributed by atoms with E-state index in [1.54, 1.807) is 13.0 Å². The van der Waals surface area contributed by atoms with E-state index < -0.39 is 12.5 Å². The summed E-state index contributed by atoms with van der Waals surface area (Å²) in [5.74, 6) is -0.698. The average Bonchev–Trinajstić information content (AvgIpc) is 2.54. The second kappa shape index (κ2) is 6.82. The van der Waals surface area contributed by atoms with Gasteiger partial charge < -0.3 is 16.2 Å². The summed E-state index contributed by atoms with van der Waals surface area (Å²) >= 11 is 0. The second-order valence-electron chi connectivity index (χ2n) is 4.74. The first kappa shape index (κ1) is 17.0. The van der Waals surface area contributed by atoms with Crippen LogP contribution in [0.4, 0.5) is 26.0 Å². The van der Waals surface area contributed by atoms with Gasteiger partial charge in [-0.05, 0) is 24.2 Å². The van der Waals surface area contributed by atoms with Gasteiger partial charge in [0.15, 0.2) is 0 Å². The first-order valence-corrected chi connectivity index (χ1v) is 6.60. The summed E-state index contributed by atoms with van der Waals surface area (Å²) in [5.41, 5.74) is 12.7. The van der Waals surface area contributed by atoms with Crippen LogP contribution < -0.4 is 16.2 Å². The van der Waals surface area contributed by atoms with E-state index in [0.717, 1.165) is 0 Å². The smallest absolute Gasteiger partial charge is 0.388 e. The fourth-order valence-corrected chi connectivity index (χ4v) is 2.07. The molecule has 8 nitrogen and oxygen atoms in total. The van der Waals surface area contributed by atoms with E-state index in [1.807, 2.05) is 0 Å². The molecule has 0 aliphatic heterocycles. The predicted octanol–water partition coefficient (Wildman–Crippen LogP) is 2.41. The van der Waals surface area contributed by atoms with Crippen LogP contribution in [-0.4, -0.2) is 16.6 Å². The van der Waals surface area contributed by atoms with Crippen LogP contribution in [0.25, 0.3) is 0 Å². The molecule has 124 valence electrons. The molecule has 0 aliphatic rings. The molecule has 24 heavy (non-hydrogen) atoms. The van der Waals surface area contributed by atoms with Gasteiger partial charge in [0.05, 0.1) is 5.69 Å². The summed E-state index contributed by atoms with van der Waals surface area (Å²) in [5, 5.41) is 11.6. The van der Waals surface area contributed by atoms with Gasteiger partial charge in [0, 0.05) is 23.4 Å².